The number of amides is 2. The molecule has 0 saturated carbocycles. The Kier molecular flexibility index (Phi) is 5.58. The first kappa shape index (κ1) is 18.5. The Morgan fingerprint density at radius 2 is 2.04 bits per heavy atom. The largest absolute Gasteiger partial charge is 0.372 e. The van der Waals surface area contributed by atoms with Crippen LogP contribution in [0.2, 0.25) is 0 Å². The van der Waals surface area contributed by atoms with Gasteiger partial charge in [-0.1, -0.05) is 0 Å². The van der Waals surface area contributed by atoms with E-state index in [2.05, 4.69) is 5.32 Å². The molecule has 0 bridgehead atoms. The molecular weight excluding hydrogens is 318 g/mol. The van der Waals surface area contributed by atoms with E-state index >= 15 is 0 Å². The van der Waals surface area contributed by atoms with Crippen LogP contribution in [-0.2, 0) is 14.8 Å². The van der Waals surface area contributed by atoms with Crippen molar-refractivity contribution >= 4 is 16.1 Å². The minimum Gasteiger partial charge on any atom is -0.372 e. The Morgan fingerprint density at radius 1 is 1.35 bits per heavy atom. The van der Waals surface area contributed by atoms with Crippen LogP contribution in [0, 0.1) is 0 Å². The molecule has 2 saturated heterocycles. The lowest BCUT2D eigenvalue weighted by molar-refractivity contribution is -0.0407. The second kappa shape index (κ2) is 6.94. The smallest absolute Gasteiger partial charge is 0.317 e. The zero-order chi connectivity index (χ0) is 17.3. The van der Waals surface area contributed by atoms with Crippen LogP contribution >= 0.6 is 0 Å². The van der Waals surface area contributed by atoms with E-state index in [0.29, 0.717) is 26.2 Å². The highest BCUT2D eigenvalue weighted by Gasteiger charge is 2.38. The van der Waals surface area contributed by atoms with Gasteiger partial charge in [0.1, 0.15) is 0 Å². The van der Waals surface area contributed by atoms with E-state index in [4.69, 9.17) is 4.74 Å². The van der Waals surface area contributed by atoms with E-state index in [-0.39, 0.29) is 23.9 Å². The number of urea groups is 1. The number of nitrogens with one attached hydrogen (secondary N) is 1. The fourth-order valence-electron chi connectivity index (χ4n) is 3.47. The molecule has 2 rings (SSSR count). The maximum atomic E-state index is 12.8. The number of rotatable bonds is 6. The summed E-state index contributed by atoms with van der Waals surface area (Å²) in [6, 6.07) is -0.118. The SMILES string of the molecule is CC(C)OC(C)(C)CS(=O)(=O)N1CCCC(N2CCNC2=O)C1. The highest BCUT2D eigenvalue weighted by Crippen LogP contribution is 2.23. The first-order chi connectivity index (χ1) is 10.6. The molecule has 0 aromatic carbocycles. The number of carbonyl (C=O) groups is 1. The lowest BCUT2D eigenvalue weighted by Crippen LogP contribution is -2.52. The fraction of sp³-hybridized carbons (Fsp3) is 0.933. The van der Waals surface area contributed by atoms with Gasteiger partial charge in [0.05, 0.1) is 17.5 Å². The van der Waals surface area contributed by atoms with Crippen LogP contribution in [0.25, 0.3) is 0 Å². The lowest BCUT2D eigenvalue weighted by atomic mass is 10.1. The molecule has 1 unspecified atom stereocenters. The van der Waals surface area contributed by atoms with E-state index in [1.54, 1.807) is 18.7 Å². The molecule has 0 spiro atoms. The summed E-state index contributed by atoms with van der Waals surface area (Å²) in [7, 11) is -3.42. The van der Waals surface area contributed by atoms with Crippen molar-refractivity contribution < 1.29 is 17.9 Å². The number of piperidine rings is 1. The van der Waals surface area contributed by atoms with Crippen molar-refractivity contribution in [3.8, 4) is 0 Å². The van der Waals surface area contributed by atoms with Gasteiger partial charge in [-0.2, -0.15) is 4.31 Å². The molecule has 1 N–H and O–H groups in total. The number of ether oxygens (including phenoxy) is 1. The van der Waals surface area contributed by atoms with E-state index in [1.165, 1.54) is 4.31 Å². The standard InChI is InChI=1S/C15H29N3O4S/c1-12(2)22-15(3,4)11-23(20,21)17-8-5-6-13(10-17)18-9-7-16-14(18)19/h12-13H,5-11H2,1-4H3,(H,16,19). The van der Waals surface area contributed by atoms with Crippen LogP contribution in [0.4, 0.5) is 4.79 Å². The molecule has 7 nitrogen and oxygen atoms in total. The average Bonchev–Trinajstić information content (AvgIpc) is 2.82. The molecule has 2 fully saturated rings. The normalized spacial score (nSPS) is 24.3. The molecule has 23 heavy (non-hydrogen) atoms. The summed E-state index contributed by atoms with van der Waals surface area (Å²) >= 11 is 0. The topological polar surface area (TPSA) is 79.0 Å². The second-order valence-corrected chi connectivity index (χ2v) is 9.23. The predicted octanol–water partition coefficient (Wildman–Crippen LogP) is 1.01. The van der Waals surface area contributed by atoms with Crippen molar-refractivity contribution in [1.82, 2.24) is 14.5 Å². The third kappa shape index (κ3) is 4.81. The monoisotopic (exact) mass is 347 g/mol. The summed E-state index contributed by atoms with van der Waals surface area (Å²) in [5.41, 5.74) is -0.731. The fourth-order valence-corrected chi connectivity index (χ4v) is 5.40. The van der Waals surface area contributed by atoms with Crippen LogP contribution in [0.5, 0.6) is 0 Å². The van der Waals surface area contributed by atoms with Gasteiger partial charge in [0.25, 0.3) is 0 Å². The van der Waals surface area contributed by atoms with Gasteiger partial charge in [-0.05, 0) is 40.5 Å². The van der Waals surface area contributed by atoms with Crippen molar-refractivity contribution in [1.29, 1.82) is 0 Å². The van der Waals surface area contributed by atoms with Gasteiger partial charge in [0, 0.05) is 32.2 Å². The molecule has 0 aromatic heterocycles. The molecule has 134 valence electrons. The minimum absolute atomic E-state index is 0.0254. The third-order valence-corrected chi connectivity index (χ3v) is 6.35. The van der Waals surface area contributed by atoms with Gasteiger partial charge in [-0.15, -0.1) is 0 Å². The van der Waals surface area contributed by atoms with E-state index in [1.807, 2.05) is 13.8 Å². The van der Waals surface area contributed by atoms with Gasteiger partial charge >= 0.3 is 6.03 Å². The van der Waals surface area contributed by atoms with Crippen LogP contribution in [0.15, 0.2) is 0 Å². The highest BCUT2D eigenvalue weighted by molar-refractivity contribution is 7.89. The van der Waals surface area contributed by atoms with Gasteiger partial charge in [-0.25, -0.2) is 13.2 Å². The number of carbonyl (C=O) groups excluding carboxylic acids is 1. The van der Waals surface area contributed by atoms with Crippen molar-refractivity contribution in [3.05, 3.63) is 0 Å². The Balaban J connectivity index is 2.03. The molecule has 2 amide bonds. The maximum absolute atomic E-state index is 12.8. The second-order valence-electron chi connectivity index (χ2n) is 7.26. The van der Waals surface area contributed by atoms with E-state index < -0.39 is 15.6 Å². The number of hydrogen-bond donors (Lipinski definition) is 1. The minimum atomic E-state index is -3.42. The zero-order valence-corrected chi connectivity index (χ0v) is 15.4. The average molecular weight is 347 g/mol. The molecule has 2 aliphatic heterocycles. The first-order valence-electron chi connectivity index (χ1n) is 8.31. The molecule has 1 atom stereocenters. The Labute approximate surface area is 139 Å². The molecule has 0 aliphatic carbocycles. The summed E-state index contributed by atoms with van der Waals surface area (Å²) in [5.74, 6) is -0.0445. The lowest BCUT2D eigenvalue weighted by Gasteiger charge is -2.38. The summed E-state index contributed by atoms with van der Waals surface area (Å²) in [4.78, 5) is 13.6. The molecular formula is C15H29N3O4S. The summed E-state index contributed by atoms with van der Waals surface area (Å²) in [6.07, 6.45) is 1.60. The molecule has 0 radical (unpaired) electrons. The quantitative estimate of drug-likeness (QED) is 0.778. The van der Waals surface area contributed by atoms with Crippen molar-refractivity contribution in [2.24, 2.45) is 0 Å². The maximum Gasteiger partial charge on any atom is 0.317 e. The van der Waals surface area contributed by atoms with Crippen molar-refractivity contribution in [3.63, 3.8) is 0 Å². The van der Waals surface area contributed by atoms with Crippen molar-refractivity contribution in [2.45, 2.75) is 58.3 Å². The van der Waals surface area contributed by atoms with Gasteiger partial charge < -0.3 is 15.0 Å². The van der Waals surface area contributed by atoms with Gasteiger partial charge in [-0.3, -0.25) is 0 Å². The van der Waals surface area contributed by atoms with E-state index in [9.17, 15) is 13.2 Å². The van der Waals surface area contributed by atoms with Crippen LogP contribution in [-0.4, -0.2) is 73.3 Å². The summed E-state index contributed by atoms with van der Waals surface area (Å²) in [6.45, 7) is 9.60. The third-order valence-electron chi connectivity index (χ3n) is 4.17. The van der Waals surface area contributed by atoms with Crippen molar-refractivity contribution in [2.75, 3.05) is 31.9 Å². The molecule has 2 heterocycles. The molecule has 2 aliphatic rings. The number of sulfonamides is 1. The Bertz CT molecular complexity index is 533. The van der Waals surface area contributed by atoms with Crippen LogP contribution in [0.3, 0.4) is 0 Å². The highest BCUT2D eigenvalue weighted by atomic mass is 32.2. The molecule has 0 aromatic rings. The van der Waals surface area contributed by atoms with Crippen LogP contribution in [0.1, 0.15) is 40.5 Å². The summed E-state index contributed by atoms with van der Waals surface area (Å²) in [5, 5.41) is 2.78. The van der Waals surface area contributed by atoms with Crippen LogP contribution < -0.4 is 5.32 Å². The first-order valence-corrected chi connectivity index (χ1v) is 9.92. The summed E-state index contributed by atoms with van der Waals surface area (Å²) < 4.78 is 32.8. The van der Waals surface area contributed by atoms with E-state index in [0.717, 1.165) is 12.8 Å². The number of hydrogen-bond acceptors (Lipinski definition) is 4. The molecule has 8 heteroatoms. The number of nitrogens with zero attached hydrogens (tertiary/aromatic N) is 2. The predicted molar refractivity (Wildman–Crippen MR) is 88.8 cm³/mol. The van der Waals surface area contributed by atoms with Gasteiger partial charge in [0.2, 0.25) is 10.0 Å². The Morgan fingerprint density at radius 3 is 2.61 bits per heavy atom. The van der Waals surface area contributed by atoms with Gasteiger partial charge in [0.15, 0.2) is 0 Å². The zero-order valence-electron chi connectivity index (χ0n) is 14.5. The Hall–Kier alpha value is -0.860.